The lowest BCUT2D eigenvalue weighted by atomic mass is 9.45. The third-order valence-corrected chi connectivity index (χ3v) is 12.1. The number of aliphatic hydroxyl groups excluding tert-OH is 3. The summed E-state index contributed by atoms with van der Waals surface area (Å²) >= 11 is 0. The van der Waals surface area contributed by atoms with Crippen molar-refractivity contribution < 1.29 is 45.0 Å². The number of esters is 1. The molecule has 13 unspecified atom stereocenters. The van der Waals surface area contributed by atoms with Crippen molar-refractivity contribution in [3.63, 3.8) is 0 Å². The van der Waals surface area contributed by atoms with E-state index in [4.69, 9.17) is 4.74 Å². The molecular weight excluding hydrogens is 492 g/mol. The Morgan fingerprint density at radius 2 is 1.76 bits per heavy atom. The zero-order valence-electron chi connectivity index (χ0n) is 23.1. The topological polar surface area (TPSA) is 165 Å². The lowest BCUT2D eigenvalue weighted by Crippen LogP contribution is -2.65. The van der Waals surface area contributed by atoms with Crippen molar-refractivity contribution in [1.29, 1.82) is 0 Å². The summed E-state index contributed by atoms with van der Waals surface area (Å²) in [7, 11) is 0. The van der Waals surface area contributed by atoms with E-state index in [1.165, 1.54) is 6.92 Å². The van der Waals surface area contributed by atoms with Gasteiger partial charge < -0.3 is 35.4 Å². The second-order valence-corrected chi connectivity index (χ2v) is 13.7. The van der Waals surface area contributed by atoms with Crippen molar-refractivity contribution in [2.24, 2.45) is 34.5 Å². The monoisotopic (exact) mass is 536 g/mol. The van der Waals surface area contributed by atoms with E-state index in [2.05, 4.69) is 0 Å². The predicted molar refractivity (Wildman–Crippen MR) is 135 cm³/mol. The van der Waals surface area contributed by atoms with Crippen LogP contribution in [0.3, 0.4) is 0 Å². The number of hydrogen-bond acceptors (Lipinski definition) is 9. The quantitative estimate of drug-likeness (QED) is 0.288. The molecule has 1 heterocycles. The Hall–Kier alpha value is -1.36. The Morgan fingerprint density at radius 3 is 2.39 bits per heavy atom. The lowest BCUT2D eigenvalue weighted by molar-refractivity contribution is -0.211. The van der Waals surface area contributed by atoms with Crippen LogP contribution in [0.2, 0.25) is 0 Å². The van der Waals surface area contributed by atoms with Gasteiger partial charge in [-0.25, -0.2) is 0 Å². The average molecular weight is 537 g/mol. The van der Waals surface area contributed by atoms with E-state index in [9.17, 15) is 40.2 Å². The summed E-state index contributed by atoms with van der Waals surface area (Å²) in [6, 6.07) is 0. The zero-order chi connectivity index (χ0) is 28.2. The standard InChI is InChI=1S/C29H44O9/c1-6-28(36)14(2)24(34)38-23(28)22(33)27(5,35)21-8-10-29(37)16-11-18(30)17-12-19(31)20(32)13-25(17,3)15(16)7-9-26(21,29)4/h11,14-15,17,19-23,31-33,35-37H,6-10,12-13H2,1-5H3. The van der Waals surface area contributed by atoms with Gasteiger partial charge in [0.15, 0.2) is 11.9 Å². The third kappa shape index (κ3) is 3.38. The molecule has 0 radical (unpaired) electrons. The van der Waals surface area contributed by atoms with Gasteiger partial charge in [-0.15, -0.1) is 0 Å². The zero-order valence-corrected chi connectivity index (χ0v) is 23.1. The fourth-order valence-corrected chi connectivity index (χ4v) is 9.45. The summed E-state index contributed by atoms with van der Waals surface area (Å²) in [5.41, 5.74) is -5.77. The van der Waals surface area contributed by atoms with Crippen molar-refractivity contribution in [3.05, 3.63) is 11.6 Å². The number of ether oxygens (including phenoxy) is 1. The molecule has 9 heteroatoms. The molecule has 0 aromatic carbocycles. The fourth-order valence-electron chi connectivity index (χ4n) is 9.45. The van der Waals surface area contributed by atoms with Gasteiger partial charge in [-0.1, -0.05) is 20.8 Å². The minimum absolute atomic E-state index is 0.153. The van der Waals surface area contributed by atoms with Gasteiger partial charge in [0.1, 0.15) is 11.7 Å². The molecule has 214 valence electrons. The molecule has 3 saturated carbocycles. The number of ketones is 1. The molecule has 0 aromatic rings. The molecule has 5 rings (SSSR count). The van der Waals surface area contributed by atoms with Crippen LogP contribution >= 0.6 is 0 Å². The van der Waals surface area contributed by atoms with Gasteiger partial charge in [-0.05, 0) is 87.7 Å². The van der Waals surface area contributed by atoms with Crippen molar-refractivity contribution in [2.45, 2.75) is 121 Å². The Bertz CT molecular complexity index is 1050. The van der Waals surface area contributed by atoms with Crippen molar-refractivity contribution in [2.75, 3.05) is 0 Å². The molecule has 5 aliphatic rings. The van der Waals surface area contributed by atoms with Crippen LogP contribution in [0.15, 0.2) is 11.6 Å². The Balaban J connectivity index is 1.50. The van der Waals surface area contributed by atoms with E-state index >= 15 is 0 Å². The number of cyclic esters (lactones) is 1. The van der Waals surface area contributed by atoms with E-state index < -0.39 is 75.8 Å². The van der Waals surface area contributed by atoms with Crippen LogP contribution in [0.25, 0.3) is 0 Å². The fraction of sp³-hybridized carbons (Fsp3) is 0.862. The van der Waals surface area contributed by atoms with Gasteiger partial charge in [0.2, 0.25) is 0 Å². The van der Waals surface area contributed by atoms with Crippen molar-refractivity contribution in [1.82, 2.24) is 0 Å². The van der Waals surface area contributed by atoms with Gasteiger partial charge in [0.25, 0.3) is 0 Å². The van der Waals surface area contributed by atoms with Gasteiger partial charge in [0.05, 0.1) is 29.3 Å². The largest absolute Gasteiger partial charge is 0.456 e. The van der Waals surface area contributed by atoms with E-state index in [1.54, 1.807) is 19.9 Å². The second-order valence-electron chi connectivity index (χ2n) is 13.7. The van der Waals surface area contributed by atoms with Crippen LogP contribution in [0.5, 0.6) is 0 Å². The summed E-state index contributed by atoms with van der Waals surface area (Å²) in [6.45, 7) is 8.59. The first-order valence-electron chi connectivity index (χ1n) is 14.2. The minimum atomic E-state index is -1.82. The molecule has 9 nitrogen and oxygen atoms in total. The molecule has 1 saturated heterocycles. The normalized spacial score (nSPS) is 52.8. The third-order valence-electron chi connectivity index (χ3n) is 12.1. The maximum Gasteiger partial charge on any atom is 0.312 e. The Labute approximate surface area is 223 Å². The number of rotatable bonds is 4. The molecule has 4 fully saturated rings. The van der Waals surface area contributed by atoms with E-state index in [-0.39, 0.29) is 37.4 Å². The first-order valence-corrected chi connectivity index (χ1v) is 14.2. The highest BCUT2D eigenvalue weighted by Crippen LogP contribution is 2.68. The highest BCUT2D eigenvalue weighted by Gasteiger charge is 2.70. The highest BCUT2D eigenvalue weighted by molar-refractivity contribution is 5.95. The molecule has 1 aliphatic heterocycles. The van der Waals surface area contributed by atoms with Gasteiger partial charge in [0, 0.05) is 11.3 Å². The molecule has 38 heavy (non-hydrogen) atoms. The van der Waals surface area contributed by atoms with E-state index in [0.717, 1.165) is 0 Å². The molecule has 13 atom stereocenters. The molecule has 0 bridgehead atoms. The predicted octanol–water partition coefficient (Wildman–Crippen LogP) is 1.01. The number of carbonyl (C=O) groups is 2. The molecule has 6 N–H and O–H groups in total. The maximum absolute atomic E-state index is 13.4. The van der Waals surface area contributed by atoms with Gasteiger partial charge in [-0.2, -0.15) is 0 Å². The summed E-state index contributed by atoms with van der Waals surface area (Å²) in [5.74, 6) is -2.86. The SMILES string of the molecule is CCC1(O)C(C)C(=O)OC1C(O)C(C)(O)C1CCC2(O)C3=CC(=O)C4CC(O)C(O)CC4(C)C3CCC12C. The van der Waals surface area contributed by atoms with Crippen LogP contribution in [0.1, 0.15) is 79.6 Å². The first-order chi connectivity index (χ1) is 17.5. The lowest BCUT2D eigenvalue weighted by Gasteiger charge is -2.60. The number of carbonyl (C=O) groups excluding carboxylic acids is 2. The van der Waals surface area contributed by atoms with Crippen LogP contribution in [-0.2, 0) is 14.3 Å². The highest BCUT2D eigenvalue weighted by atomic mass is 16.6. The summed E-state index contributed by atoms with van der Waals surface area (Å²) < 4.78 is 5.41. The summed E-state index contributed by atoms with van der Waals surface area (Å²) in [5, 5.41) is 67.7. The minimum Gasteiger partial charge on any atom is -0.456 e. The van der Waals surface area contributed by atoms with Crippen LogP contribution in [0.4, 0.5) is 0 Å². The number of hydrogen-bond donors (Lipinski definition) is 6. The summed E-state index contributed by atoms with van der Waals surface area (Å²) in [4.78, 5) is 25.7. The molecular formula is C29H44O9. The number of fused-ring (bicyclic) bond motifs is 5. The van der Waals surface area contributed by atoms with Gasteiger partial charge >= 0.3 is 5.97 Å². The first kappa shape index (κ1) is 28.2. The molecule has 4 aliphatic carbocycles. The van der Waals surface area contributed by atoms with E-state index in [0.29, 0.717) is 24.8 Å². The Morgan fingerprint density at radius 1 is 1.11 bits per heavy atom. The summed E-state index contributed by atoms with van der Waals surface area (Å²) in [6.07, 6.45) is -0.894. The Kier molecular flexibility index (Phi) is 6.36. The van der Waals surface area contributed by atoms with Crippen LogP contribution in [-0.4, -0.2) is 83.6 Å². The van der Waals surface area contributed by atoms with Gasteiger partial charge in [-0.3, -0.25) is 9.59 Å². The second kappa shape index (κ2) is 8.57. The van der Waals surface area contributed by atoms with Crippen molar-refractivity contribution in [3.8, 4) is 0 Å². The molecule has 0 spiro atoms. The smallest absolute Gasteiger partial charge is 0.312 e. The van der Waals surface area contributed by atoms with Crippen molar-refractivity contribution >= 4 is 11.8 Å². The maximum atomic E-state index is 13.4. The van der Waals surface area contributed by atoms with Crippen LogP contribution in [0, 0.1) is 34.5 Å². The van der Waals surface area contributed by atoms with Crippen LogP contribution < -0.4 is 0 Å². The van der Waals surface area contributed by atoms with E-state index in [1.807, 2.05) is 13.8 Å². The average Bonchev–Trinajstić information content (AvgIpc) is 3.26. The number of allylic oxidation sites excluding steroid dienone is 1. The molecule has 0 amide bonds. The number of aliphatic hydroxyl groups is 6. The molecule has 0 aromatic heterocycles.